The number of esters is 2. The zero-order valence-electron chi connectivity index (χ0n) is 20.3. The van der Waals surface area contributed by atoms with Crippen LogP contribution in [0.2, 0.25) is 0 Å². The number of nitrogens with one attached hydrogen (secondary N) is 2. The molecule has 9 nitrogen and oxygen atoms in total. The number of hydrogen-bond acceptors (Lipinski definition) is 7. The SMILES string of the molecule is C=CCCCCCC(=O)N[C@@H](CC(=O)OCc1ccccc1)C(=O)N[C@@H](COCC=C)C(=O)OC. The lowest BCUT2D eigenvalue weighted by molar-refractivity contribution is -0.149. The molecule has 0 fully saturated rings. The minimum atomic E-state index is -1.23. The van der Waals surface area contributed by atoms with Crippen LogP contribution in [-0.2, 0) is 40.0 Å². The van der Waals surface area contributed by atoms with E-state index in [-0.39, 0.29) is 32.1 Å². The van der Waals surface area contributed by atoms with Gasteiger partial charge in [0.1, 0.15) is 12.6 Å². The molecule has 35 heavy (non-hydrogen) atoms. The molecule has 0 aliphatic heterocycles. The summed E-state index contributed by atoms with van der Waals surface area (Å²) in [6.07, 6.45) is 6.36. The number of benzene rings is 1. The first-order chi connectivity index (χ1) is 16.9. The third-order valence-electron chi connectivity index (χ3n) is 4.90. The molecule has 0 bridgehead atoms. The molecule has 2 atom stereocenters. The zero-order chi connectivity index (χ0) is 25.9. The van der Waals surface area contributed by atoms with Crippen molar-refractivity contribution >= 4 is 23.8 Å². The Morgan fingerprint density at radius 2 is 1.71 bits per heavy atom. The van der Waals surface area contributed by atoms with E-state index in [9.17, 15) is 19.2 Å². The van der Waals surface area contributed by atoms with E-state index in [1.807, 2.05) is 24.3 Å². The van der Waals surface area contributed by atoms with E-state index in [0.29, 0.717) is 6.42 Å². The summed E-state index contributed by atoms with van der Waals surface area (Å²) in [6, 6.07) is 6.73. The summed E-state index contributed by atoms with van der Waals surface area (Å²) in [5, 5.41) is 5.07. The maximum Gasteiger partial charge on any atom is 0.330 e. The van der Waals surface area contributed by atoms with Crippen molar-refractivity contribution in [1.29, 1.82) is 0 Å². The van der Waals surface area contributed by atoms with Gasteiger partial charge in [-0.1, -0.05) is 48.9 Å². The fourth-order valence-electron chi connectivity index (χ4n) is 3.04. The van der Waals surface area contributed by atoms with Crippen molar-refractivity contribution in [2.75, 3.05) is 20.3 Å². The molecule has 0 aliphatic rings. The molecule has 192 valence electrons. The Bertz CT molecular complexity index is 826. The molecule has 0 aliphatic carbocycles. The average molecular weight is 489 g/mol. The van der Waals surface area contributed by atoms with Crippen LogP contribution in [0.15, 0.2) is 55.6 Å². The van der Waals surface area contributed by atoms with Gasteiger partial charge in [-0.2, -0.15) is 0 Å². The van der Waals surface area contributed by atoms with Crippen LogP contribution < -0.4 is 10.6 Å². The lowest BCUT2D eigenvalue weighted by Crippen LogP contribution is -2.53. The lowest BCUT2D eigenvalue weighted by Gasteiger charge is -2.22. The number of carbonyl (C=O) groups excluding carboxylic acids is 4. The molecule has 2 N–H and O–H groups in total. The average Bonchev–Trinajstić information content (AvgIpc) is 2.86. The number of amides is 2. The second-order valence-electron chi connectivity index (χ2n) is 7.77. The smallest absolute Gasteiger partial charge is 0.330 e. The Labute approximate surface area is 206 Å². The predicted molar refractivity (Wildman–Crippen MR) is 131 cm³/mol. The van der Waals surface area contributed by atoms with E-state index < -0.39 is 36.4 Å². The van der Waals surface area contributed by atoms with Gasteiger partial charge in [0.25, 0.3) is 0 Å². The first kappa shape index (κ1) is 29.6. The summed E-state index contributed by atoms with van der Waals surface area (Å²) in [5.41, 5.74) is 0.788. The summed E-state index contributed by atoms with van der Waals surface area (Å²) in [7, 11) is 1.18. The minimum Gasteiger partial charge on any atom is -0.467 e. The van der Waals surface area contributed by atoms with E-state index in [1.165, 1.54) is 13.2 Å². The first-order valence-electron chi connectivity index (χ1n) is 11.6. The predicted octanol–water partition coefficient (Wildman–Crippen LogP) is 2.60. The van der Waals surface area contributed by atoms with Gasteiger partial charge in [-0.15, -0.1) is 13.2 Å². The van der Waals surface area contributed by atoms with Gasteiger partial charge in [-0.25, -0.2) is 4.79 Å². The largest absolute Gasteiger partial charge is 0.467 e. The Morgan fingerprint density at radius 1 is 0.971 bits per heavy atom. The summed E-state index contributed by atoms with van der Waals surface area (Å²) >= 11 is 0. The topological polar surface area (TPSA) is 120 Å². The Hall–Kier alpha value is -3.46. The standard InChI is InChI=1S/C26H36N2O7/c1-4-6-7-8-12-15-23(29)27-21(17-24(30)35-18-20-13-10-9-11-14-20)25(31)28-22(26(32)33-3)19-34-16-5-2/h4-5,9-11,13-14,21-22H,1-2,6-8,12,15-19H2,3H3,(H,27,29)(H,28,31)/t21-,22-/m0/s1. The van der Waals surface area contributed by atoms with Crippen molar-refractivity contribution < 1.29 is 33.4 Å². The summed E-state index contributed by atoms with van der Waals surface area (Å²) in [5.74, 6) is -2.49. The maximum absolute atomic E-state index is 12.9. The molecule has 0 heterocycles. The van der Waals surface area contributed by atoms with Crippen LogP contribution in [-0.4, -0.2) is 56.2 Å². The van der Waals surface area contributed by atoms with Gasteiger partial charge in [-0.3, -0.25) is 14.4 Å². The van der Waals surface area contributed by atoms with Crippen molar-refractivity contribution in [2.24, 2.45) is 0 Å². The van der Waals surface area contributed by atoms with Crippen molar-refractivity contribution in [3.05, 3.63) is 61.2 Å². The number of ether oxygens (including phenoxy) is 3. The number of hydrogen-bond donors (Lipinski definition) is 2. The van der Waals surface area contributed by atoms with E-state index in [1.54, 1.807) is 12.1 Å². The Balaban J connectivity index is 2.79. The monoisotopic (exact) mass is 488 g/mol. The highest BCUT2D eigenvalue weighted by Crippen LogP contribution is 2.07. The van der Waals surface area contributed by atoms with Crippen LogP contribution in [0.1, 0.15) is 44.1 Å². The quantitative estimate of drug-likeness (QED) is 0.185. The van der Waals surface area contributed by atoms with Crippen LogP contribution in [0.25, 0.3) is 0 Å². The fraction of sp³-hybridized carbons (Fsp3) is 0.462. The highest BCUT2D eigenvalue weighted by molar-refractivity contribution is 5.93. The molecule has 2 amide bonds. The Morgan fingerprint density at radius 3 is 2.37 bits per heavy atom. The number of rotatable bonds is 18. The fourth-order valence-corrected chi connectivity index (χ4v) is 3.04. The van der Waals surface area contributed by atoms with Crippen molar-refractivity contribution in [3.8, 4) is 0 Å². The van der Waals surface area contributed by atoms with Crippen LogP contribution in [0.3, 0.4) is 0 Å². The number of unbranched alkanes of at least 4 members (excludes halogenated alkanes) is 3. The number of allylic oxidation sites excluding steroid dienone is 1. The van der Waals surface area contributed by atoms with Gasteiger partial charge in [0, 0.05) is 6.42 Å². The maximum atomic E-state index is 12.9. The molecular weight excluding hydrogens is 452 g/mol. The van der Waals surface area contributed by atoms with Crippen molar-refractivity contribution in [3.63, 3.8) is 0 Å². The zero-order valence-corrected chi connectivity index (χ0v) is 20.3. The second kappa shape index (κ2) is 17.9. The van der Waals surface area contributed by atoms with E-state index in [0.717, 1.165) is 24.8 Å². The van der Waals surface area contributed by atoms with Gasteiger partial charge in [0.05, 0.1) is 26.7 Å². The molecule has 0 saturated heterocycles. The highest BCUT2D eigenvalue weighted by Gasteiger charge is 2.29. The molecule has 1 aromatic carbocycles. The molecular formula is C26H36N2O7. The van der Waals surface area contributed by atoms with Crippen LogP contribution in [0, 0.1) is 0 Å². The van der Waals surface area contributed by atoms with Crippen molar-refractivity contribution in [1.82, 2.24) is 10.6 Å². The van der Waals surface area contributed by atoms with Gasteiger partial charge < -0.3 is 24.8 Å². The van der Waals surface area contributed by atoms with Gasteiger partial charge >= 0.3 is 11.9 Å². The third-order valence-corrected chi connectivity index (χ3v) is 4.90. The lowest BCUT2D eigenvalue weighted by atomic mass is 10.1. The molecule has 0 radical (unpaired) electrons. The first-order valence-corrected chi connectivity index (χ1v) is 11.6. The number of carbonyl (C=O) groups is 4. The van der Waals surface area contributed by atoms with Gasteiger partial charge in [0.15, 0.2) is 6.04 Å². The van der Waals surface area contributed by atoms with Crippen molar-refractivity contribution in [2.45, 2.75) is 57.2 Å². The summed E-state index contributed by atoms with van der Waals surface area (Å²) in [6.45, 7) is 7.23. The summed E-state index contributed by atoms with van der Waals surface area (Å²) in [4.78, 5) is 49.9. The van der Waals surface area contributed by atoms with Gasteiger partial charge in [-0.05, 0) is 24.8 Å². The van der Waals surface area contributed by atoms with E-state index in [2.05, 4.69) is 23.8 Å². The highest BCUT2D eigenvalue weighted by atomic mass is 16.5. The third kappa shape index (κ3) is 13.1. The van der Waals surface area contributed by atoms with E-state index >= 15 is 0 Å². The number of methoxy groups -OCH3 is 1. The molecule has 1 aromatic rings. The van der Waals surface area contributed by atoms with Gasteiger partial charge in [0.2, 0.25) is 11.8 Å². The molecule has 0 aromatic heterocycles. The molecule has 0 spiro atoms. The molecule has 0 saturated carbocycles. The minimum absolute atomic E-state index is 0.0332. The normalized spacial score (nSPS) is 12.0. The van der Waals surface area contributed by atoms with Crippen LogP contribution >= 0.6 is 0 Å². The molecule has 1 rings (SSSR count). The Kier molecular flexibility index (Phi) is 15.2. The van der Waals surface area contributed by atoms with Crippen LogP contribution in [0.4, 0.5) is 0 Å². The van der Waals surface area contributed by atoms with Crippen LogP contribution in [0.5, 0.6) is 0 Å². The van der Waals surface area contributed by atoms with E-state index in [4.69, 9.17) is 14.2 Å². The second-order valence-corrected chi connectivity index (χ2v) is 7.77. The molecule has 0 unspecified atom stereocenters. The molecule has 9 heteroatoms. The summed E-state index contributed by atoms with van der Waals surface area (Å²) < 4.78 is 15.2.